The molecule has 94 valence electrons. The van der Waals surface area contributed by atoms with E-state index in [0.717, 1.165) is 0 Å². The molecule has 0 aliphatic carbocycles. The van der Waals surface area contributed by atoms with Crippen molar-refractivity contribution in [3.05, 3.63) is 59.1 Å². The van der Waals surface area contributed by atoms with Crippen molar-refractivity contribution >= 4 is 11.9 Å². The molecule has 1 aliphatic heterocycles. The third kappa shape index (κ3) is 1.87. The maximum atomic E-state index is 12.2. The van der Waals surface area contributed by atoms with E-state index in [9.17, 15) is 9.90 Å². The summed E-state index contributed by atoms with van der Waals surface area (Å²) in [4.78, 5) is 16.3. The monoisotopic (exact) mass is 253 g/mol. The highest BCUT2D eigenvalue weighted by molar-refractivity contribution is 6.14. The molecule has 0 saturated carbocycles. The Morgan fingerprint density at radius 2 is 2.11 bits per heavy atom. The average molecular weight is 253 g/mol. The number of ketones is 1. The van der Waals surface area contributed by atoms with E-state index >= 15 is 0 Å². The van der Waals surface area contributed by atoms with Gasteiger partial charge in [-0.05, 0) is 31.2 Å². The molecule has 0 atom stereocenters. The number of phenols is 1. The number of phenolic OH excluding ortho intramolecular Hbond substituents is 1. The molecule has 0 bridgehead atoms. The lowest BCUT2D eigenvalue weighted by molar-refractivity contribution is 0.101. The van der Waals surface area contributed by atoms with Gasteiger partial charge >= 0.3 is 0 Å². The van der Waals surface area contributed by atoms with Crippen LogP contribution in [0.4, 0.5) is 0 Å². The number of fused-ring (bicyclic) bond motifs is 1. The highest BCUT2D eigenvalue weighted by Crippen LogP contribution is 2.38. The third-order valence-electron chi connectivity index (χ3n) is 3.02. The molecule has 1 aliphatic rings. The first kappa shape index (κ1) is 11.5. The van der Waals surface area contributed by atoms with Gasteiger partial charge < -0.3 is 9.84 Å². The number of carbonyl (C=O) groups excluding carboxylic acids is 1. The maximum absolute atomic E-state index is 12.2. The van der Waals surface area contributed by atoms with Crippen LogP contribution in [0.25, 0.3) is 6.08 Å². The van der Waals surface area contributed by atoms with Crippen LogP contribution in [-0.2, 0) is 0 Å². The second-order valence-corrected chi connectivity index (χ2v) is 4.28. The van der Waals surface area contributed by atoms with Crippen LogP contribution in [-0.4, -0.2) is 15.9 Å². The van der Waals surface area contributed by atoms with Crippen molar-refractivity contribution in [2.75, 3.05) is 0 Å². The summed E-state index contributed by atoms with van der Waals surface area (Å²) in [6.07, 6.45) is 3.24. The standard InChI is InChI=1S/C15H11NO3/c1-9-12(17)6-5-11-14(18)13(19-15(9)11)8-10-4-2-3-7-16-10/h2-8,17H,1H3. The van der Waals surface area contributed by atoms with Gasteiger partial charge in [-0.15, -0.1) is 0 Å². The van der Waals surface area contributed by atoms with Crippen LogP contribution in [0.15, 0.2) is 42.3 Å². The zero-order chi connectivity index (χ0) is 13.4. The Bertz CT molecular complexity index is 690. The van der Waals surface area contributed by atoms with E-state index in [1.165, 1.54) is 6.07 Å². The number of aromatic nitrogens is 1. The minimum Gasteiger partial charge on any atom is -0.508 e. The first-order valence-corrected chi connectivity index (χ1v) is 5.84. The molecular weight excluding hydrogens is 242 g/mol. The van der Waals surface area contributed by atoms with Gasteiger partial charge in [0, 0.05) is 17.8 Å². The van der Waals surface area contributed by atoms with E-state index in [1.807, 2.05) is 6.07 Å². The van der Waals surface area contributed by atoms with Gasteiger partial charge in [-0.3, -0.25) is 9.78 Å². The smallest absolute Gasteiger partial charge is 0.232 e. The van der Waals surface area contributed by atoms with Crippen molar-refractivity contribution in [1.29, 1.82) is 0 Å². The lowest BCUT2D eigenvalue weighted by Crippen LogP contribution is -1.98. The van der Waals surface area contributed by atoms with E-state index < -0.39 is 0 Å². The predicted molar refractivity (Wildman–Crippen MR) is 70.0 cm³/mol. The van der Waals surface area contributed by atoms with Crippen molar-refractivity contribution in [2.45, 2.75) is 6.92 Å². The summed E-state index contributed by atoms with van der Waals surface area (Å²) in [5.41, 5.74) is 1.69. The number of carbonyl (C=O) groups is 1. The molecular formula is C15H11NO3. The van der Waals surface area contributed by atoms with Gasteiger partial charge in [-0.1, -0.05) is 6.07 Å². The Kier molecular flexibility index (Phi) is 2.56. The zero-order valence-electron chi connectivity index (χ0n) is 10.3. The lowest BCUT2D eigenvalue weighted by atomic mass is 10.1. The molecule has 1 aromatic heterocycles. The van der Waals surface area contributed by atoms with Crippen LogP contribution in [0, 0.1) is 6.92 Å². The maximum Gasteiger partial charge on any atom is 0.232 e. The van der Waals surface area contributed by atoms with Crippen molar-refractivity contribution in [3.8, 4) is 11.5 Å². The Morgan fingerprint density at radius 1 is 1.26 bits per heavy atom. The first-order chi connectivity index (χ1) is 9.16. The summed E-state index contributed by atoms with van der Waals surface area (Å²) in [5.74, 6) is 0.573. The van der Waals surface area contributed by atoms with E-state index in [-0.39, 0.29) is 17.3 Å². The number of ether oxygens (including phenoxy) is 1. The van der Waals surface area contributed by atoms with Crippen molar-refractivity contribution < 1.29 is 14.6 Å². The molecule has 0 radical (unpaired) electrons. The number of pyridine rings is 1. The fraction of sp³-hybridized carbons (Fsp3) is 0.0667. The molecule has 19 heavy (non-hydrogen) atoms. The molecule has 2 heterocycles. The molecule has 0 amide bonds. The van der Waals surface area contributed by atoms with Crippen molar-refractivity contribution in [1.82, 2.24) is 4.98 Å². The third-order valence-corrected chi connectivity index (χ3v) is 3.02. The molecule has 1 N–H and O–H groups in total. The number of allylic oxidation sites excluding steroid dienone is 1. The Hall–Kier alpha value is -2.62. The number of aromatic hydroxyl groups is 1. The molecule has 0 unspecified atom stereocenters. The fourth-order valence-electron chi connectivity index (χ4n) is 1.97. The Morgan fingerprint density at radius 3 is 2.84 bits per heavy atom. The number of nitrogens with zero attached hydrogens (tertiary/aromatic N) is 1. The normalized spacial score (nSPS) is 15.4. The number of hydrogen-bond acceptors (Lipinski definition) is 4. The molecule has 0 spiro atoms. The SMILES string of the molecule is Cc1c(O)ccc2c1OC(=Cc1ccccn1)C2=O. The van der Waals surface area contributed by atoms with E-state index in [1.54, 1.807) is 37.4 Å². The molecule has 1 aromatic carbocycles. The van der Waals surface area contributed by atoms with Crippen LogP contribution >= 0.6 is 0 Å². The molecule has 0 saturated heterocycles. The van der Waals surface area contributed by atoms with Crippen molar-refractivity contribution in [3.63, 3.8) is 0 Å². The van der Waals surface area contributed by atoms with Crippen LogP contribution in [0.2, 0.25) is 0 Å². The summed E-state index contributed by atoms with van der Waals surface area (Å²) in [6.45, 7) is 1.71. The molecule has 0 fully saturated rings. The molecule has 4 heteroatoms. The summed E-state index contributed by atoms with van der Waals surface area (Å²) in [7, 11) is 0. The van der Waals surface area contributed by atoms with Crippen LogP contribution < -0.4 is 4.74 Å². The second kappa shape index (κ2) is 4.24. The van der Waals surface area contributed by atoms with Crippen molar-refractivity contribution in [2.24, 2.45) is 0 Å². The van der Waals surface area contributed by atoms with Crippen LogP contribution in [0.5, 0.6) is 11.5 Å². The van der Waals surface area contributed by atoms with Gasteiger partial charge in [0.1, 0.15) is 11.5 Å². The van der Waals surface area contributed by atoms with Gasteiger partial charge in [-0.25, -0.2) is 0 Å². The lowest BCUT2D eigenvalue weighted by Gasteiger charge is -2.03. The summed E-state index contributed by atoms with van der Waals surface area (Å²) < 4.78 is 5.55. The summed E-state index contributed by atoms with van der Waals surface area (Å²) in [5, 5.41) is 9.62. The van der Waals surface area contributed by atoms with Gasteiger partial charge in [0.15, 0.2) is 5.76 Å². The fourth-order valence-corrected chi connectivity index (χ4v) is 1.97. The van der Waals surface area contributed by atoms with Gasteiger partial charge in [-0.2, -0.15) is 0 Å². The van der Waals surface area contributed by atoms with Gasteiger partial charge in [0.05, 0.1) is 11.3 Å². The Balaban J connectivity index is 2.05. The average Bonchev–Trinajstić information content (AvgIpc) is 2.73. The van der Waals surface area contributed by atoms with E-state index in [2.05, 4.69) is 4.98 Å². The number of rotatable bonds is 1. The highest BCUT2D eigenvalue weighted by atomic mass is 16.5. The first-order valence-electron chi connectivity index (χ1n) is 5.84. The number of Topliss-reactive ketones (excluding diaryl/α,β-unsaturated/α-hetero) is 1. The molecule has 3 rings (SSSR count). The van der Waals surface area contributed by atoms with E-state index in [0.29, 0.717) is 22.6 Å². The summed E-state index contributed by atoms with van der Waals surface area (Å²) in [6, 6.07) is 8.49. The molecule has 2 aromatic rings. The largest absolute Gasteiger partial charge is 0.508 e. The minimum absolute atomic E-state index is 0.116. The van der Waals surface area contributed by atoms with Crippen LogP contribution in [0.3, 0.4) is 0 Å². The van der Waals surface area contributed by atoms with Crippen LogP contribution in [0.1, 0.15) is 21.6 Å². The Labute approximate surface area is 110 Å². The van der Waals surface area contributed by atoms with E-state index in [4.69, 9.17) is 4.74 Å². The van der Waals surface area contributed by atoms with Gasteiger partial charge in [0.25, 0.3) is 0 Å². The molecule has 4 nitrogen and oxygen atoms in total. The summed E-state index contributed by atoms with van der Waals surface area (Å²) >= 11 is 0. The number of hydrogen-bond donors (Lipinski definition) is 1. The minimum atomic E-state index is -0.191. The quantitative estimate of drug-likeness (QED) is 0.794. The second-order valence-electron chi connectivity index (χ2n) is 4.28. The zero-order valence-corrected chi connectivity index (χ0v) is 10.3. The topological polar surface area (TPSA) is 59.4 Å². The predicted octanol–water partition coefficient (Wildman–Crippen LogP) is 2.71. The number of benzene rings is 1. The van der Waals surface area contributed by atoms with Gasteiger partial charge in [0.2, 0.25) is 5.78 Å². The highest BCUT2D eigenvalue weighted by Gasteiger charge is 2.29.